The molecule has 0 bridgehead atoms. The van der Waals surface area contributed by atoms with Gasteiger partial charge in [0.15, 0.2) is 0 Å². The standard InChI is InChI=1S/C12H21NO3/c1-11(2,3)16-10(15)13-7-9(8-14)6-12(13)4-5-12/h9,14H,4-8H2,1-3H3/t9-/m0/s1. The van der Waals surface area contributed by atoms with Crippen LogP contribution in [0.1, 0.15) is 40.0 Å². The molecule has 0 aromatic carbocycles. The number of hydrogen-bond acceptors (Lipinski definition) is 3. The first-order chi connectivity index (χ1) is 7.36. The van der Waals surface area contributed by atoms with Gasteiger partial charge in [0.1, 0.15) is 5.60 Å². The van der Waals surface area contributed by atoms with E-state index in [1.807, 2.05) is 25.7 Å². The molecule has 0 aromatic rings. The van der Waals surface area contributed by atoms with Crippen molar-refractivity contribution in [1.29, 1.82) is 0 Å². The third kappa shape index (κ3) is 2.17. The van der Waals surface area contributed by atoms with Crippen LogP contribution >= 0.6 is 0 Å². The van der Waals surface area contributed by atoms with Crippen molar-refractivity contribution in [2.75, 3.05) is 13.2 Å². The normalized spacial score (nSPS) is 27.2. The summed E-state index contributed by atoms with van der Waals surface area (Å²) in [6.07, 6.45) is 2.83. The quantitative estimate of drug-likeness (QED) is 0.742. The summed E-state index contributed by atoms with van der Waals surface area (Å²) in [6.45, 7) is 6.45. The van der Waals surface area contributed by atoms with Crippen LogP contribution in [0.4, 0.5) is 4.79 Å². The van der Waals surface area contributed by atoms with E-state index in [9.17, 15) is 9.90 Å². The average molecular weight is 227 g/mol. The molecule has 4 nitrogen and oxygen atoms in total. The van der Waals surface area contributed by atoms with E-state index < -0.39 is 5.60 Å². The summed E-state index contributed by atoms with van der Waals surface area (Å²) >= 11 is 0. The largest absolute Gasteiger partial charge is 0.444 e. The first-order valence-corrected chi connectivity index (χ1v) is 5.98. The number of aliphatic hydroxyl groups excluding tert-OH is 1. The second kappa shape index (κ2) is 3.62. The zero-order valence-corrected chi connectivity index (χ0v) is 10.3. The van der Waals surface area contributed by atoms with E-state index in [1.54, 1.807) is 0 Å². The summed E-state index contributed by atoms with van der Waals surface area (Å²) < 4.78 is 5.40. The van der Waals surface area contributed by atoms with Crippen molar-refractivity contribution in [2.24, 2.45) is 5.92 Å². The summed E-state index contributed by atoms with van der Waals surface area (Å²) in [6, 6.07) is 0. The summed E-state index contributed by atoms with van der Waals surface area (Å²) in [4.78, 5) is 13.8. The highest BCUT2D eigenvalue weighted by molar-refractivity contribution is 5.70. The van der Waals surface area contributed by atoms with Crippen molar-refractivity contribution in [3.05, 3.63) is 0 Å². The van der Waals surface area contributed by atoms with Crippen LogP contribution in [0.3, 0.4) is 0 Å². The van der Waals surface area contributed by atoms with Crippen LogP contribution in [0.15, 0.2) is 0 Å². The maximum atomic E-state index is 12.0. The molecule has 2 rings (SSSR count). The highest BCUT2D eigenvalue weighted by atomic mass is 16.6. The zero-order valence-electron chi connectivity index (χ0n) is 10.3. The molecular weight excluding hydrogens is 206 g/mol. The molecule has 4 heteroatoms. The van der Waals surface area contributed by atoms with Crippen molar-refractivity contribution in [3.8, 4) is 0 Å². The van der Waals surface area contributed by atoms with Crippen LogP contribution in [-0.4, -0.2) is 40.4 Å². The molecule has 1 saturated carbocycles. The van der Waals surface area contributed by atoms with E-state index in [2.05, 4.69) is 0 Å². The third-order valence-electron chi connectivity index (χ3n) is 3.38. The molecule has 0 unspecified atom stereocenters. The first kappa shape index (κ1) is 11.7. The number of nitrogens with zero attached hydrogens (tertiary/aromatic N) is 1. The van der Waals surface area contributed by atoms with Gasteiger partial charge in [-0.05, 0) is 40.0 Å². The second-order valence-electron chi connectivity index (χ2n) is 6.07. The molecule has 1 aliphatic carbocycles. The minimum absolute atomic E-state index is 0.0235. The number of carbonyl (C=O) groups excluding carboxylic acids is 1. The Kier molecular flexibility index (Phi) is 2.65. The molecule has 92 valence electrons. The van der Waals surface area contributed by atoms with E-state index in [1.165, 1.54) is 0 Å². The predicted molar refractivity (Wildman–Crippen MR) is 60.1 cm³/mol. The van der Waals surface area contributed by atoms with Gasteiger partial charge in [-0.3, -0.25) is 0 Å². The van der Waals surface area contributed by atoms with E-state index >= 15 is 0 Å². The van der Waals surface area contributed by atoms with Gasteiger partial charge in [0, 0.05) is 24.6 Å². The van der Waals surface area contributed by atoms with Crippen LogP contribution in [0.2, 0.25) is 0 Å². The lowest BCUT2D eigenvalue weighted by Crippen LogP contribution is -2.41. The van der Waals surface area contributed by atoms with E-state index in [0.29, 0.717) is 6.54 Å². The minimum atomic E-state index is -0.440. The molecular formula is C12H21NO3. The van der Waals surface area contributed by atoms with Crippen LogP contribution in [0, 0.1) is 5.92 Å². The molecule has 1 N–H and O–H groups in total. The Morgan fingerprint density at radius 1 is 1.50 bits per heavy atom. The van der Waals surface area contributed by atoms with Crippen LogP contribution < -0.4 is 0 Å². The summed E-state index contributed by atoms with van der Waals surface area (Å²) in [5.41, 5.74) is -0.416. The molecule has 16 heavy (non-hydrogen) atoms. The Labute approximate surface area is 96.6 Å². The SMILES string of the molecule is CC(C)(C)OC(=O)N1C[C@@H](CO)CC12CC2. The molecule has 1 amide bonds. The monoisotopic (exact) mass is 227 g/mol. The van der Waals surface area contributed by atoms with Gasteiger partial charge in [-0.15, -0.1) is 0 Å². The molecule has 1 atom stereocenters. The molecule has 0 aromatic heterocycles. The second-order valence-corrected chi connectivity index (χ2v) is 6.07. The fourth-order valence-electron chi connectivity index (χ4n) is 2.49. The van der Waals surface area contributed by atoms with Gasteiger partial charge in [-0.25, -0.2) is 4.79 Å². The van der Waals surface area contributed by atoms with Crippen LogP contribution in [0.25, 0.3) is 0 Å². The lowest BCUT2D eigenvalue weighted by atomic mass is 10.1. The smallest absolute Gasteiger partial charge is 0.410 e. The van der Waals surface area contributed by atoms with Gasteiger partial charge >= 0.3 is 6.09 Å². The highest BCUT2D eigenvalue weighted by Gasteiger charge is 2.56. The van der Waals surface area contributed by atoms with Gasteiger partial charge in [-0.1, -0.05) is 0 Å². The maximum absolute atomic E-state index is 12.0. The van der Waals surface area contributed by atoms with Crippen molar-refractivity contribution in [1.82, 2.24) is 4.90 Å². The number of aliphatic hydroxyl groups is 1. The van der Waals surface area contributed by atoms with Crippen molar-refractivity contribution in [3.63, 3.8) is 0 Å². The lowest BCUT2D eigenvalue weighted by molar-refractivity contribution is 0.0197. The van der Waals surface area contributed by atoms with Crippen LogP contribution in [0.5, 0.6) is 0 Å². The maximum Gasteiger partial charge on any atom is 0.410 e. The van der Waals surface area contributed by atoms with Gasteiger partial charge in [0.2, 0.25) is 0 Å². The van der Waals surface area contributed by atoms with Crippen molar-refractivity contribution < 1.29 is 14.6 Å². The first-order valence-electron chi connectivity index (χ1n) is 5.98. The summed E-state index contributed by atoms with van der Waals surface area (Å²) in [7, 11) is 0. The Morgan fingerprint density at radius 2 is 2.12 bits per heavy atom. The van der Waals surface area contributed by atoms with Crippen molar-refractivity contribution in [2.45, 2.75) is 51.2 Å². The number of carbonyl (C=O) groups is 1. The minimum Gasteiger partial charge on any atom is -0.444 e. The van der Waals surface area contributed by atoms with Gasteiger partial charge in [-0.2, -0.15) is 0 Å². The van der Waals surface area contributed by atoms with E-state index in [0.717, 1.165) is 19.3 Å². The van der Waals surface area contributed by atoms with Gasteiger partial charge in [0.05, 0.1) is 0 Å². The number of amides is 1. The Hall–Kier alpha value is -0.770. The van der Waals surface area contributed by atoms with Crippen LogP contribution in [-0.2, 0) is 4.74 Å². The fourth-order valence-corrected chi connectivity index (χ4v) is 2.49. The third-order valence-corrected chi connectivity index (χ3v) is 3.38. The lowest BCUT2D eigenvalue weighted by Gasteiger charge is -2.28. The predicted octanol–water partition coefficient (Wildman–Crippen LogP) is 1.77. The number of hydrogen-bond donors (Lipinski definition) is 1. The Morgan fingerprint density at radius 3 is 2.56 bits per heavy atom. The number of likely N-dealkylation sites (tertiary alicyclic amines) is 1. The Bertz CT molecular complexity index is 291. The van der Waals surface area contributed by atoms with Gasteiger partial charge in [0.25, 0.3) is 0 Å². The highest BCUT2D eigenvalue weighted by Crippen LogP contribution is 2.51. The molecule has 0 radical (unpaired) electrons. The number of ether oxygens (including phenoxy) is 1. The molecule has 1 aliphatic heterocycles. The van der Waals surface area contributed by atoms with E-state index in [4.69, 9.17) is 4.74 Å². The molecule has 1 spiro atoms. The van der Waals surface area contributed by atoms with Gasteiger partial charge < -0.3 is 14.7 Å². The Balaban J connectivity index is 2.01. The number of rotatable bonds is 1. The molecule has 2 fully saturated rings. The summed E-state index contributed by atoms with van der Waals surface area (Å²) in [5, 5.41) is 9.18. The average Bonchev–Trinajstić information content (AvgIpc) is 2.76. The van der Waals surface area contributed by atoms with E-state index in [-0.39, 0.29) is 24.2 Å². The molecule has 2 aliphatic rings. The zero-order chi connectivity index (χ0) is 12.0. The summed E-state index contributed by atoms with van der Waals surface area (Å²) in [5.74, 6) is 0.231. The molecule has 1 saturated heterocycles. The fraction of sp³-hybridized carbons (Fsp3) is 0.917. The molecule has 1 heterocycles. The van der Waals surface area contributed by atoms with Crippen molar-refractivity contribution >= 4 is 6.09 Å². The topological polar surface area (TPSA) is 49.8 Å².